The Morgan fingerprint density at radius 2 is 1.93 bits per heavy atom. The first-order valence-corrected chi connectivity index (χ1v) is 10.1. The molecular weight excluding hydrogens is 392 g/mol. The van der Waals surface area contributed by atoms with Crippen LogP contribution in [0.3, 0.4) is 0 Å². The molecule has 8 heteroatoms. The third-order valence-electron chi connectivity index (χ3n) is 4.85. The van der Waals surface area contributed by atoms with Gasteiger partial charge in [-0.25, -0.2) is 9.48 Å². The van der Waals surface area contributed by atoms with Crippen molar-refractivity contribution < 1.29 is 14.3 Å². The molecule has 1 aromatic heterocycles. The summed E-state index contributed by atoms with van der Waals surface area (Å²) in [6.45, 7) is 5.77. The Balaban J connectivity index is 1.67. The molecule has 1 heterocycles. The number of rotatable bonds is 5. The molecule has 1 aliphatic rings. The van der Waals surface area contributed by atoms with Gasteiger partial charge in [0.15, 0.2) is 0 Å². The number of alkyl carbamates (subject to hydrolysis) is 1. The summed E-state index contributed by atoms with van der Waals surface area (Å²) in [7, 11) is 0. The van der Waals surface area contributed by atoms with E-state index in [1.807, 2.05) is 39.0 Å². The van der Waals surface area contributed by atoms with Crippen LogP contribution in [0.15, 0.2) is 36.7 Å². The Kier molecular flexibility index (Phi) is 6.17. The smallest absolute Gasteiger partial charge is 0.407 e. The minimum atomic E-state index is -0.566. The molecule has 1 saturated carbocycles. The van der Waals surface area contributed by atoms with Crippen LogP contribution in [-0.4, -0.2) is 39.5 Å². The number of benzene rings is 1. The average Bonchev–Trinajstić information content (AvgIpc) is 3.29. The van der Waals surface area contributed by atoms with E-state index in [2.05, 4.69) is 15.7 Å². The molecule has 1 fully saturated rings. The Morgan fingerprint density at radius 3 is 2.59 bits per heavy atom. The van der Waals surface area contributed by atoms with Crippen molar-refractivity contribution in [3.8, 4) is 5.69 Å². The maximum absolute atomic E-state index is 12.9. The molecule has 7 nitrogen and oxygen atoms in total. The molecule has 0 aliphatic heterocycles. The number of carbonyl (C=O) groups excluding carboxylic acids is 2. The Bertz CT molecular complexity index is 882. The van der Waals surface area contributed by atoms with Gasteiger partial charge in [-0.2, -0.15) is 5.10 Å². The number of hydrogen-bond acceptors (Lipinski definition) is 4. The molecular formula is C21H27ClN4O3. The van der Waals surface area contributed by atoms with Crippen LogP contribution in [0.2, 0.25) is 5.02 Å². The molecule has 0 saturated heterocycles. The molecule has 0 bridgehead atoms. The lowest BCUT2D eigenvalue weighted by molar-refractivity contribution is 0.0505. The third-order valence-corrected chi connectivity index (χ3v) is 5.17. The molecule has 1 aliphatic carbocycles. The van der Waals surface area contributed by atoms with Gasteiger partial charge in [-0.1, -0.05) is 36.6 Å². The zero-order chi connectivity index (χ0) is 21.1. The van der Waals surface area contributed by atoms with E-state index in [1.54, 1.807) is 16.9 Å². The topological polar surface area (TPSA) is 85.2 Å². The second kappa shape index (κ2) is 8.45. The summed E-state index contributed by atoms with van der Waals surface area (Å²) in [5, 5.41) is 10.7. The molecule has 1 aromatic carbocycles. The minimum absolute atomic E-state index is 0.226. The van der Waals surface area contributed by atoms with Gasteiger partial charge in [-0.3, -0.25) is 4.79 Å². The highest BCUT2D eigenvalue weighted by Crippen LogP contribution is 2.30. The lowest BCUT2D eigenvalue weighted by atomic mass is 9.97. The van der Waals surface area contributed by atoms with Gasteiger partial charge in [0.05, 0.1) is 28.0 Å². The van der Waals surface area contributed by atoms with E-state index in [0.717, 1.165) is 25.7 Å². The fourth-order valence-corrected chi connectivity index (χ4v) is 3.70. The van der Waals surface area contributed by atoms with E-state index in [4.69, 9.17) is 16.3 Å². The number of halogens is 1. The summed E-state index contributed by atoms with van der Waals surface area (Å²) < 4.78 is 6.89. The fraction of sp³-hybridized carbons (Fsp3) is 0.476. The van der Waals surface area contributed by atoms with Crippen molar-refractivity contribution in [3.05, 3.63) is 47.2 Å². The molecule has 0 atom stereocenters. The number of amides is 2. The number of nitrogens with one attached hydrogen (secondary N) is 2. The van der Waals surface area contributed by atoms with Gasteiger partial charge in [0, 0.05) is 12.7 Å². The number of nitrogens with zero attached hydrogens (tertiary/aromatic N) is 2. The van der Waals surface area contributed by atoms with Crippen molar-refractivity contribution in [1.82, 2.24) is 20.4 Å². The van der Waals surface area contributed by atoms with Crippen LogP contribution in [0.5, 0.6) is 0 Å². The zero-order valence-electron chi connectivity index (χ0n) is 17.0. The average molecular weight is 419 g/mol. The first-order chi connectivity index (χ1) is 13.7. The highest BCUT2D eigenvalue weighted by atomic mass is 35.5. The van der Waals surface area contributed by atoms with Gasteiger partial charge in [0.1, 0.15) is 5.60 Å². The molecule has 0 radical (unpaired) electrons. The van der Waals surface area contributed by atoms with E-state index in [1.165, 1.54) is 6.20 Å². The van der Waals surface area contributed by atoms with Gasteiger partial charge in [-0.15, -0.1) is 0 Å². The van der Waals surface area contributed by atoms with Gasteiger partial charge >= 0.3 is 6.09 Å². The van der Waals surface area contributed by atoms with Crippen LogP contribution < -0.4 is 10.6 Å². The number of carbonyl (C=O) groups is 2. The van der Waals surface area contributed by atoms with Crippen molar-refractivity contribution in [3.63, 3.8) is 0 Å². The molecule has 2 amide bonds. The van der Waals surface area contributed by atoms with E-state index in [-0.39, 0.29) is 5.91 Å². The summed E-state index contributed by atoms with van der Waals surface area (Å²) in [5.74, 6) is -0.226. The second-order valence-corrected chi connectivity index (χ2v) is 8.83. The maximum Gasteiger partial charge on any atom is 0.407 e. The number of para-hydroxylation sites is 1. The van der Waals surface area contributed by atoms with Crippen LogP contribution in [0, 0.1) is 0 Å². The van der Waals surface area contributed by atoms with Gasteiger partial charge in [-0.05, 0) is 45.7 Å². The molecule has 2 aromatic rings. The predicted molar refractivity (Wildman–Crippen MR) is 111 cm³/mol. The van der Waals surface area contributed by atoms with E-state index in [9.17, 15) is 9.59 Å². The van der Waals surface area contributed by atoms with Crippen molar-refractivity contribution in [2.45, 2.75) is 57.6 Å². The summed E-state index contributed by atoms with van der Waals surface area (Å²) in [6, 6.07) is 7.30. The predicted octanol–water partition coefficient (Wildman–Crippen LogP) is 4.09. The van der Waals surface area contributed by atoms with Crippen molar-refractivity contribution in [2.24, 2.45) is 0 Å². The lowest BCUT2D eigenvalue weighted by Crippen LogP contribution is -2.54. The molecule has 2 N–H and O–H groups in total. The van der Waals surface area contributed by atoms with Crippen LogP contribution in [0.1, 0.15) is 56.8 Å². The Morgan fingerprint density at radius 1 is 1.24 bits per heavy atom. The largest absolute Gasteiger partial charge is 0.444 e. The van der Waals surface area contributed by atoms with Gasteiger partial charge in [0.25, 0.3) is 5.91 Å². The quantitative estimate of drug-likeness (QED) is 0.765. The van der Waals surface area contributed by atoms with Gasteiger partial charge < -0.3 is 15.4 Å². The second-order valence-electron chi connectivity index (χ2n) is 8.42. The maximum atomic E-state index is 12.9. The highest BCUT2D eigenvalue weighted by Gasteiger charge is 2.36. The van der Waals surface area contributed by atoms with Crippen molar-refractivity contribution >= 4 is 23.6 Å². The summed E-state index contributed by atoms with van der Waals surface area (Å²) in [4.78, 5) is 24.9. The molecule has 0 unspecified atom stereocenters. The van der Waals surface area contributed by atoms with Crippen LogP contribution in [0.4, 0.5) is 4.79 Å². The number of ether oxygens (including phenoxy) is 1. The monoisotopic (exact) mass is 418 g/mol. The SMILES string of the molecule is CC(C)(C)OC(=O)NCC1(NC(=O)c2cnn(-c3ccccc3Cl)c2)CCCC1. The summed E-state index contributed by atoms with van der Waals surface area (Å²) in [5.41, 5.74) is 0.0908. The standard InChI is InChI=1S/C21H27ClN4O3/c1-20(2,3)29-19(28)23-14-21(10-6-7-11-21)25-18(27)15-12-24-26(13-15)17-9-5-4-8-16(17)22/h4-5,8-9,12-13H,6-7,10-11,14H2,1-3H3,(H,23,28)(H,25,27). The normalized spacial score (nSPS) is 15.7. The third kappa shape index (κ3) is 5.50. The van der Waals surface area contributed by atoms with Crippen molar-refractivity contribution in [1.29, 1.82) is 0 Å². The van der Waals surface area contributed by atoms with Crippen molar-refractivity contribution in [2.75, 3.05) is 6.54 Å². The molecule has 0 spiro atoms. The van der Waals surface area contributed by atoms with E-state index < -0.39 is 17.2 Å². The Hall–Kier alpha value is -2.54. The first kappa shape index (κ1) is 21.2. The molecule has 156 valence electrons. The Labute approximate surface area is 175 Å². The van der Waals surface area contributed by atoms with Crippen LogP contribution in [-0.2, 0) is 4.74 Å². The molecule has 3 rings (SSSR count). The van der Waals surface area contributed by atoms with E-state index in [0.29, 0.717) is 22.8 Å². The molecule has 29 heavy (non-hydrogen) atoms. The van der Waals surface area contributed by atoms with Crippen LogP contribution in [0.25, 0.3) is 5.69 Å². The van der Waals surface area contributed by atoms with E-state index >= 15 is 0 Å². The summed E-state index contributed by atoms with van der Waals surface area (Å²) in [6.07, 6.45) is 6.28. The zero-order valence-corrected chi connectivity index (χ0v) is 17.8. The number of aromatic nitrogens is 2. The number of hydrogen-bond donors (Lipinski definition) is 2. The summed E-state index contributed by atoms with van der Waals surface area (Å²) >= 11 is 6.21. The van der Waals surface area contributed by atoms with Crippen LogP contribution >= 0.6 is 11.6 Å². The first-order valence-electron chi connectivity index (χ1n) is 9.76. The fourth-order valence-electron chi connectivity index (χ4n) is 3.48. The highest BCUT2D eigenvalue weighted by molar-refractivity contribution is 6.32. The van der Waals surface area contributed by atoms with Gasteiger partial charge in [0.2, 0.25) is 0 Å². The lowest BCUT2D eigenvalue weighted by Gasteiger charge is -2.31. The minimum Gasteiger partial charge on any atom is -0.444 e.